The molecule has 0 saturated carbocycles. The van der Waals surface area contributed by atoms with Crippen LogP contribution in [0.15, 0.2) is 24.3 Å². The number of methoxy groups -OCH3 is 1. The quantitative estimate of drug-likeness (QED) is 0.751. The van der Waals surface area contributed by atoms with Crippen LogP contribution >= 0.6 is 0 Å². The third kappa shape index (κ3) is 3.90. The van der Waals surface area contributed by atoms with E-state index in [-0.39, 0.29) is 6.61 Å². The monoisotopic (exact) mass is 209 g/mol. The molecule has 3 nitrogen and oxygen atoms in total. The number of anilines is 1. The summed E-state index contributed by atoms with van der Waals surface area (Å²) in [5, 5.41) is 12.4. The number of ether oxygens (including phenoxy) is 1. The standard InChI is InChI=1S/C12H19NO2/c1-10(9-15-2)7-13-12-6-4-3-5-11(12)8-14/h3-6,10,13-14H,7-9H2,1-2H3. The molecule has 15 heavy (non-hydrogen) atoms. The summed E-state index contributed by atoms with van der Waals surface area (Å²) >= 11 is 0. The summed E-state index contributed by atoms with van der Waals surface area (Å²) in [4.78, 5) is 0. The van der Waals surface area contributed by atoms with Gasteiger partial charge in [-0.05, 0) is 12.0 Å². The fourth-order valence-electron chi connectivity index (χ4n) is 1.46. The number of aliphatic hydroxyl groups excluding tert-OH is 1. The molecule has 3 heteroatoms. The van der Waals surface area contributed by atoms with E-state index in [0.717, 1.165) is 24.4 Å². The Hall–Kier alpha value is -1.06. The van der Waals surface area contributed by atoms with Crippen LogP contribution in [0.25, 0.3) is 0 Å². The van der Waals surface area contributed by atoms with Crippen molar-refractivity contribution >= 4 is 5.69 Å². The Balaban J connectivity index is 2.49. The number of hydrogen-bond acceptors (Lipinski definition) is 3. The lowest BCUT2D eigenvalue weighted by atomic mass is 10.1. The second kappa shape index (κ2) is 6.43. The minimum Gasteiger partial charge on any atom is -0.392 e. The Labute approximate surface area is 91.1 Å². The van der Waals surface area contributed by atoms with E-state index in [2.05, 4.69) is 12.2 Å². The topological polar surface area (TPSA) is 41.5 Å². The zero-order chi connectivity index (χ0) is 11.1. The lowest BCUT2D eigenvalue weighted by Crippen LogP contribution is -2.16. The first-order chi connectivity index (χ1) is 7.27. The Morgan fingerprint density at radius 2 is 2.13 bits per heavy atom. The maximum absolute atomic E-state index is 9.12. The lowest BCUT2D eigenvalue weighted by Gasteiger charge is -2.14. The van der Waals surface area contributed by atoms with E-state index in [1.165, 1.54) is 0 Å². The number of rotatable bonds is 6. The third-order valence-corrected chi connectivity index (χ3v) is 2.28. The highest BCUT2D eigenvalue weighted by Crippen LogP contribution is 2.15. The van der Waals surface area contributed by atoms with Crippen molar-refractivity contribution in [3.8, 4) is 0 Å². The summed E-state index contributed by atoms with van der Waals surface area (Å²) in [6.45, 7) is 3.79. The van der Waals surface area contributed by atoms with Crippen molar-refractivity contribution < 1.29 is 9.84 Å². The van der Waals surface area contributed by atoms with Crippen molar-refractivity contribution in [2.24, 2.45) is 5.92 Å². The predicted octanol–water partition coefficient (Wildman–Crippen LogP) is 1.87. The van der Waals surface area contributed by atoms with Crippen LogP contribution in [0.1, 0.15) is 12.5 Å². The number of hydrogen-bond donors (Lipinski definition) is 2. The highest BCUT2D eigenvalue weighted by atomic mass is 16.5. The minimum absolute atomic E-state index is 0.0713. The predicted molar refractivity (Wildman–Crippen MR) is 61.9 cm³/mol. The van der Waals surface area contributed by atoms with Crippen LogP contribution in [0.3, 0.4) is 0 Å². The maximum atomic E-state index is 9.12. The largest absolute Gasteiger partial charge is 0.392 e. The zero-order valence-corrected chi connectivity index (χ0v) is 9.36. The summed E-state index contributed by atoms with van der Waals surface area (Å²) in [6.07, 6.45) is 0. The molecule has 1 unspecified atom stereocenters. The van der Waals surface area contributed by atoms with Crippen LogP contribution < -0.4 is 5.32 Å². The Morgan fingerprint density at radius 3 is 2.80 bits per heavy atom. The SMILES string of the molecule is COCC(C)CNc1ccccc1CO. The number of nitrogens with one attached hydrogen (secondary N) is 1. The Morgan fingerprint density at radius 1 is 1.40 bits per heavy atom. The molecule has 0 saturated heterocycles. The summed E-state index contributed by atoms with van der Waals surface area (Å²) in [7, 11) is 1.71. The number of benzene rings is 1. The normalized spacial score (nSPS) is 12.5. The van der Waals surface area contributed by atoms with Gasteiger partial charge in [0.2, 0.25) is 0 Å². The van der Waals surface area contributed by atoms with Gasteiger partial charge in [0, 0.05) is 24.9 Å². The van der Waals surface area contributed by atoms with Gasteiger partial charge in [-0.3, -0.25) is 0 Å². The van der Waals surface area contributed by atoms with E-state index in [9.17, 15) is 0 Å². The first kappa shape index (κ1) is 12.0. The van der Waals surface area contributed by atoms with Crippen LogP contribution in [0, 0.1) is 5.92 Å². The first-order valence-corrected chi connectivity index (χ1v) is 5.19. The second-order valence-corrected chi connectivity index (χ2v) is 3.76. The lowest BCUT2D eigenvalue weighted by molar-refractivity contribution is 0.164. The summed E-state index contributed by atoms with van der Waals surface area (Å²) in [6, 6.07) is 7.78. The van der Waals surface area contributed by atoms with Crippen molar-refractivity contribution in [2.75, 3.05) is 25.6 Å². The van der Waals surface area contributed by atoms with Crippen LogP contribution in [0.5, 0.6) is 0 Å². The fourth-order valence-corrected chi connectivity index (χ4v) is 1.46. The molecule has 1 rings (SSSR count). The van der Waals surface area contributed by atoms with Crippen LogP contribution in [-0.2, 0) is 11.3 Å². The minimum atomic E-state index is 0.0713. The van der Waals surface area contributed by atoms with Gasteiger partial charge in [-0.25, -0.2) is 0 Å². The van der Waals surface area contributed by atoms with Crippen LogP contribution in [0.4, 0.5) is 5.69 Å². The molecule has 0 fully saturated rings. The molecule has 0 aliphatic rings. The second-order valence-electron chi connectivity index (χ2n) is 3.76. The average Bonchev–Trinajstić information content (AvgIpc) is 2.27. The average molecular weight is 209 g/mol. The summed E-state index contributed by atoms with van der Waals surface area (Å²) in [5.74, 6) is 0.460. The van der Waals surface area contributed by atoms with Crippen molar-refractivity contribution in [1.82, 2.24) is 0 Å². The van der Waals surface area contributed by atoms with E-state index >= 15 is 0 Å². The molecule has 0 amide bonds. The van der Waals surface area contributed by atoms with Gasteiger partial charge in [0.15, 0.2) is 0 Å². The third-order valence-electron chi connectivity index (χ3n) is 2.28. The van der Waals surface area contributed by atoms with Gasteiger partial charge in [-0.15, -0.1) is 0 Å². The first-order valence-electron chi connectivity index (χ1n) is 5.19. The van der Waals surface area contributed by atoms with Crippen LogP contribution in [-0.4, -0.2) is 25.4 Å². The highest BCUT2D eigenvalue weighted by molar-refractivity contribution is 5.50. The van der Waals surface area contributed by atoms with Gasteiger partial charge in [-0.1, -0.05) is 25.1 Å². The molecular formula is C12H19NO2. The van der Waals surface area contributed by atoms with Crippen molar-refractivity contribution in [1.29, 1.82) is 0 Å². The molecule has 0 spiro atoms. The van der Waals surface area contributed by atoms with Crippen LogP contribution in [0.2, 0.25) is 0 Å². The van der Waals surface area contributed by atoms with Gasteiger partial charge in [0.05, 0.1) is 13.2 Å². The van der Waals surface area contributed by atoms with Crippen molar-refractivity contribution in [3.63, 3.8) is 0 Å². The van der Waals surface area contributed by atoms with E-state index in [1.807, 2.05) is 24.3 Å². The van der Waals surface area contributed by atoms with E-state index in [1.54, 1.807) is 7.11 Å². The number of aliphatic hydroxyl groups is 1. The zero-order valence-electron chi connectivity index (χ0n) is 9.36. The Bertz CT molecular complexity index is 289. The fraction of sp³-hybridized carbons (Fsp3) is 0.500. The number of para-hydroxylation sites is 1. The molecule has 0 radical (unpaired) electrons. The molecule has 0 bridgehead atoms. The molecule has 0 aliphatic carbocycles. The molecule has 1 atom stereocenters. The summed E-state index contributed by atoms with van der Waals surface area (Å²) < 4.78 is 5.06. The molecular weight excluding hydrogens is 190 g/mol. The molecule has 2 N–H and O–H groups in total. The molecule has 0 aliphatic heterocycles. The molecule has 0 heterocycles. The molecule has 1 aromatic carbocycles. The Kier molecular flexibility index (Phi) is 5.15. The van der Waals surface area contributed by atoms with Crippen molar-refractivity contribution in [3.05, 3.63) is 29.8 Å². The van der Waals surface area contributed by atoms with Gasteiger partial charge >= 0.3 is 0 Å². The molecule has 0 aromatic heterocycles. The van der Waals surface area contributed by atoms with Gasteiger partial charge in [0.25, 0.3) is 0 Å². The molecule has 84 valence electrons. The highest BCUT2D eigenvalue weighted by Gasteiger charge is 2.03. The van der Waals surface area contributed by atoms with Gasteiger partial charge in [-0.2, -0.15) is 0 Å². The van der Waals surface area contributed by atoms with E-state index in [0.29, 0.717) is 5.92 Å². The van der Waals surface area contributed by atoms with E-state index in [4.69, 9.17) is 9.84 Å². The van der Waals surface area contributed by atoms with Crippen molar-refractivity contribution in [2.45, 2.75) is 13.5 Å². The van der Waals surface area contributed by atoms with E-state index < -0.39 is 0 Å². The maximum Gasteiger partial charge on any atom is 0.0701 e. The summed E-state index contributed by atoms with van der Waals surface area (Å²) in [5.41, 5.74) is 1.94. The molecule has 1 aromatic rings. The van der Waals surface area contributed by atoms with Gasteiger partial charge < -0.3 is 15.2 Å². The smallest absolute Gasteiger partial charge is 0.0701 e. The van der Waals surface area contributed by atoms with Gasteiger partial charge in [0.1, 0.15) is 0 Å².